The van der Waals surface area contributed by atoms with E-state index in [9.17, 15) is 5.11 Å². The van der Waals surface area contributed by atoms with Crippen molar-refractivity contribution >= 4 is 0 Å². The Labute approximate surface area is 107 Å². The minimum Gasteiger partial charge on any atom is -0.395 e. The Hall–Kier alpha value is -0.120. The molecule has 0 saturated heterocycles. The molecule has 1 rings (SSSR count). The number of rotatable bonds is 9. The van der Waals surface area contributed by atoms with Crippen LogP contribution in [0.15, 0.2) is 0 Å². The summed E-state index contributed by atoms with van der Waals surface area (Å²) in [6.07, 6.45) is 5.32. The van der Waals surface area contributed by atoms with Crippen molar-refractivity contribution in [2.75, 3.05) is 26.2 Å². The zero-order chi connectivity index (χ0) is 12.7. The molecule has 1 saturated carbocycles. The molecule has 0 aromatic rings. The van der Waals surface area contributed by atoms with E-state index in [1.165, 1.54) is 25.8 Å². The van der Waals surface area contributed by atoms with Gasteiger partial charge in [0.2, 0.25) is 0 Å². The molecule has 1 fully saturated rings. The molecule has 0 aromatic heterocycles. The van der Waals surface area contributed by atoms with Crippen LogP contribution in [0.25, 0.3) is 0 Å². The van der Waals surface area contributed by atoms with E-state index in [-0.39, 0.29) is 12.6 Å². The van der Waals surface area contributed by atoms with Gasteiger partial charge in [0.15, 0.2) is 0 Å². The van der Waals surface area contributed by atoms with Gasteiger partial charge in [-0.25, -0.2) is 0 Å². The summed E-state index contributed by atoms with van der Waals surface area (Å²) in [5, 5.41) is 12.7. The average Bonchev–Trinajstić information content (AvgIpc) is 2.24. The van der Waals surface area contributed by atoms with Crippen molar-refractivity contribution < 1.29 is 5.11 Å². The fourth-order valence-corrected chi connectivity index (χ4v) is 2.46. The van der Waals surface area contributed by atoms with E-state index < -0.39 is 0 Å². The second-order valence-electron chi connectivity index (χ2n) is 5.68. The molecule has 3 heteroatoms. The second kappa shape index (κ2) is 8.06. The van der Waals surface area contributed by atoms with Gasteiger partial charge in [-0.2, -0.15) is 0 Å². The Bertz CT molecular complexity index is 193. The van der Waals surface area contributed by atoms with Crippen molar-refractivity contribution in [3.8, 4) is 0 Å². The number of nitrogens with one attached hydrogen (secondary N) is 1. The largest absolute Gasteiger partial charge is 0.395 e. The molecule has 1 aliphatic carbocycles. The maximum absolute atomic E-state index is 9.32. The van der Waals surface area contributed by atoms with E-state index in [0.717, 1.165) is 25.4 Å². The van der Waals surface area contributed by atoms with Crippen molar-refractivity contribution in [2.45, 2.75) is 58.5 Å². The highest BCUT2D eigenvalue weighted by Crippen LogP contribution is 2.27. The van der Waals surface area contributed by atoms with Crippen LogP contribution in [0.2, 0.25) is 0 Å². The van der Waals surface area contributed by atoms with Crippen molar-refractivity contribution in [1.29, 1.82) is 0 Å². The lowest BCUT2D eigenvalue weighted by molar-refractivity contribution is 0.163. The summed E-state index contributed by atoms with van der Waals surface area (Å²) in [4.78, 5) is 2.54. The van der Waals surface area contributed by atoms with Crippen LogP contribution >= 0.6 is 0 Å². The van der Waals surface area contributed by atoms with Gasteiger partial charge >= 0.3 is 0 Å². The van der Waals surface area contributed by atoms with Crippen LogP contribution in [0.1, 0.15) is 46.5 Å². The van der Waals surface area contributed by atoms with Gasteiger partial charge in [-0.1, -0.05) is 27.2 Å². The molecule has 3 nitrogen and oxygen atoms in total. The summed E-state index contributed by atoms with van der Waals surface area (Å²) in [5.74, 6) is 0.945. The third-order valence-electron chi connectivity index (χ3n) is 3.77. The summed E-state index contributed by atoms with van der Waals surface area (Å²) in [6, 6.07) is 0.708. The molecule has 0 heterocycles. The highest BCUT2D eigenvalue weighted by atomic mass is 16.3. The summed E-state index contributed by atoms with van der Waals surface area (Å²) in [5.41, 5.74) is 0. The minimum absolute atomic E-state index is 0.249. The molecule has 0 radical (unpaired) electrons. The zero-order valence-electron chi connectivity index (χ0n) is 11.8. The molecule has 1 aliphatic rings. The van der Waals surface area contributed by atoms with Crippen LogP contribution < -0.4 is 5.32 Å². The van der Waals surface area contributed by atoms with Gasteiger partial charge in [0.25, 0.3) is 0 Å². The number of aliphatic hydroxyl groups excluding tert-OH is 1. The van der Waals surface area contributed by atoms with Crippen LogP contribution in [-0.2, 0) is 0 Å². The lowest BCUT2D eigenvalue weighted by atomic mass is 9.85. The molecule has 1 atom stereocenters. The Balaban J connectivity index is 2.19. The highest BCUT2D eigenvalue weighted by Gasteiger charge is 2.20. The molecule has 0 amide bonds. The summed E-state index contributed by atoms with van der Waals surface area (Å²) in [6.45, 7) is 10.3. The molecule has 1 unspecified atom stereocenters. The van der Waals surface area contributed by atoms with Crippen LogP contribution in [0, 0.1) is 5.92 Å². The van der Waals surface area contributed by atoms with Gasteiger partial charge in [0.05, 0.1) is 6.61 Å². The lowest BCUT2D eigenvalue weighted by Gasteiger charge is -2.32. The quantitative estimate of drug-likeness (QED) is 0.648. The van der Waals surface area contributed by atoms with Crippen molar-refractivity contribution in [3.05, 3.63) is 0 Å². The van der Waals surface area contributed by atoms with Gasteiger partial charge in [-0.3, -0.25) is 0 Å². The fraction of sp³-hybridized carbons (Fsp3) is 1.00. The number of nitrogens with zero attached hydrogens (tertiary/aromatic N) is 1. The van der Waals surface area contributed by atoms with E-state index in [1.54, 1.807) is 0 Å². The predicted octanol–water partition coefficient (Wildman–Crippen LogP) is 1.86. The van der Waals surface area contributed by atoms with Gasteiger partial charge in [-0.15, -0.1) is 0 Å². The summed E-state index contributed by atoms with van der Waals surface area (Å²) < 4.78 is 0. The molecule has 17 heavy (non-hydrogen) atoms. The van der Waals surface area contributed by atoms with Crippen LogP contribution in [0.4, 0.5) is 0 Å². The average molecular weight is 242 g/mol. The fourth-order valence-electron chi connectivity index (χ4n) is 2.46. The van der Waals surface area contributed by atoms with Gasteiger partial charge in [0.1, 0.15) is 0 Å². The van der Waals surface area contributed by atoms with Gasteiger partial charge in [-0.05, 0) is 38.3 Å². The number of hydrogen-bond acceptors (Lipinski definition) is 3. The smallest absolute Gasteiger partial charge is 0.0585 e. The monoisotopic (exact) mass is 242 g/mol. The minimum atomic E-state index is 0.249. The van der Waals surface area contributed by atoms with Crippen LogP contribution in [0.3, 0.4) is 0 Å². The topological polar surface area (TPSA) is 35.5 Å². The zero-order valence-corrected chi connectivity index (χ0v) is 11.8. The maximum atomic E-state index is 9.32. The SMILES string of the molecule is CCN(CCC(CO)NC(C)C)CC1CCC1. The van der Waals surface area contributed by atoms with Gasteiger partial charge < -0.3 is 15.3 Å². The van der Waals surface area contributed by atoms with E-state index in [1.807, 2.05) is 0 Å². The Kier molecular flexibility index (Phi) is 7.09. The maximum Gasteiger partial charge on any atom is 0.0585 e. The second-order valence-corrected chi connectivity index (χ2v) is 5.68. The third kappa shape index (κ3) is 5.84. The molecule has 0 bridgehead atoms. The van der Waals surface area contributed by atoms with Crippen LogP contribution in [0.5, 0.6) is 0 Å². The molecular weight excluding hydrogens is 212 g/mol. The molecule has 102 valence electrons. The van der Waals surface area contributed by atoms with Crippen molar-refractivity contribution in [2.24, 2.45) is 5.92 Å². The first-order chi connectivity index (χ1) is 8.15. The van der Waals surface area contributed by atoms with E-state index in [2.05, 4.69) is 31.0 Å². The first-order valence-electron chi connectivity index (χ1n) is 7.25. The molecule has 0 spiro atoms. The van der Waals surface area contributed by atoms with Crippen LogP contribution in [-0.4, -0.2) is 48.3 Å². The summed E-state index contributed by atoms with van der Waals surface area (Å²) in [7, 11) is 0. The molecule has 2 N–H and O–H groups in total. The Morgan fingerprint density at radius 2 is 2.06 bits per heavy atom. The van der Waals surface area contributed by atoms with E-state index in [4.69, 9.17) is 0 Å². The highest BCUT2D eigenvalue weighted by molar-refractivity contribution is 4.75. The standard InChI is InChI=1S/C14H30N2O/c1-4-16(10-13-6-5-7-13)9-8-14(11-17)15-12(2)3/h12-15,17H,4-11H2,1-3H3. The van der Waals surface area contributed by atoms with Gasteiger partial charge in [0, 0.05) is 18.6 Å². The van der Waals surface area contributed by atoms with E-state index in [0.29, 0.717) is 6.04 Å². The molecular formula is C14H30N2O. The van der Waals surface area contributed by atoms with Crippen molar-refractivity contribution in [1.82, 2.24) is 10.2 Å². The Morgan fingerprint density at radius 3 is 2.47 bits per heavy atom. The summed E-state index contributed by atoms with van der Waals surface area (Å²) >= 11 is 0. The number of hydrogen-bond donors (Lipinski definition) is 2. The third-order valence-corrected chi connectivity index (χ3v) is 3.77. The van der Waals surface area contributed by atoms with Crippen molar-refractivity contribution in [3.63, 3.8) is 0 Å². The molecule has 0 aromatic carbocycles. The normalized spacial score (nSPS) is 18.7. The lowest BCUT2D eigenvalue weighted by Crippen LogP contribution is -2.41. The van der Waals surface area contributed by atoms with E-state index >= 15 is 0 Å². The first kappa shape index (κ1) is 14.9. The Morgan fingerprint density at radius 1 is 1.35 bits per heavy atom. The predicted molar refractivity (Wildman–Crippen MR) is 73.2 cm³/mol. The first-order valence-corrected chi connectivity index (χ1v) is 7.25. The molecule has 0 aliphatic heterocycles. The number of aliphatic hydroxyl groups is 1.